The van der Waals surface area contributed by atoms with Crippen LogP contribution in [0.2, 0.25) is 5.02 Å². The molecule has 158 valence electrons. The summed E-state index contributed by atoms with van der Waals surface area (Å²) >= 11 is 5.84. The van der Waals surface area contributed by atoms with Gasteiger partial charge in [-0.05, 0) is 49.2 Å². The largest absolute Gasteiger partial charge is 0.504 e. The third-order valence-electron chi connectivity index (χ3n) is 4.46. The number of aromatic hydroxyl groups is 1. The first-order chi connectivity index (χ1) is 14.0. The fraction of sp³-hybridized carbons (Fsp3) is 0.158. The molecule has 0 radical (unpaired) electrons. The Morgan fingerprint density at radius 3 is 2.33 bits per heavy atom. The smallest absolute Gasteiger partial charge is 0.416 e. The van der Waals surface area contributed by atoms with Crippen LogP contribution in [0.15, 0.2) is 33.9 Å². The monoisotopic (exact) mass is 443 g/mol. The second-order valence-electron chi connectivity index (χ2n) is 6.42. The summed E-state index contributed by atoms with van der Waals surface area (Å²) < 4.78 is 60.0. The van der Waals surface area contributed by atoms with Crippen LogP contribution in [0.3, 0.4) is 0 Å². The summed E-state index contributed by atoms with van der Waals surface area (Å²) in [6, 6.07) is 3.41. The Bertz CT molecular complexity index is 1130. The van der Waals surface area contributed by atoms with Gasteiger partial charge in [0.25, 0.3) is 0 Å². The van der Waals surface area contributed by atoms with Gasteiger partial charge in [0.2, 0.25) is 0 Å². The van der Waals surface area contributed by atoms with E-state index in [9.17, 15) is 22.7 Å². The molecule has 0 aliphatic heterocycles. The molecular weight excluding hydrogens is 430 g/mol. The van der Waals surface area contributed by atoms with E-state index in [4.69, 9.17) is 27.1 Å². The van der Waals surface area contributed by atoms with Crippen molar-refractivity contribution in [3.05, 3.63) is 57.7 Å². The van der Waals surface area contributed by atoms with Crippen LogP contribution in [0.25, 0.3) is 22.3 Å². The third kappa shape index (κ3) is 3.65. The summed E-state index contributed by atoms with van der Waals surface area (Å²) in [5, 5.41) is 25.0. The Kier molecular flexibility index (Phi) is 5.38. The van der Waals surface area contributed by atoms with Crippen LogP contribution in [0, 0.1) is 19.7 Å². The summed E-state index contributed by atoms with van der Waals surface area (Å²) in [6.45, 7) is 3.07. The molecule has 0 saturated heterocycles. The Morgan fingerprint density at radius 2 is 1.83 bits per heavy atom. The Morgan fingerprint density at radius 1 is 1.17 bits per heavy atom. The molecule has 0 fully saturated rings. The number of nitrogens with zero attached hydrogens (tertiary/aromatic N) is 2. The van der Waals surface area contributed by atoms with Crippen LogP contribution < -0.4 is 5.73 Å². The first-order valence-electron chi connectivity index (χ1n) is 8.30. The van der Waals surface area contributed by atoms with Crippen LogP contribution in [-0.4, -0.2) is 21.3 Å². The molecular formula is C19H14ClF4N3O3. The lowest BCUT2D eigenvalue weighted by molar-refractivity contribution is -0.137. The number of rotatable bonds is 3. The molecule has 3 rings (SSSR count). The number of alkyl halides is 3. The van der Waals surface area contributed by atoms with Gasteiger partial charge >= 0.3 is 6.18 Å². The second kappa shape index (κ2) is 7.52. The Balaban J connectivity index is 2.54. The van der Waals surface area contributed by atoms with E-state index in [1.165, 1.54) is 6.92 Å². The van der Waals surface area contributed by atoms with E-state index in [2.05, 4.69) is 10.3 Å². The lowest BCUT2D eigenvalue weighted by atomic mass is 9.87. The molecule has 4 N–H and O–H groups in total. The molecule has 0 spiro atoms. The van der Waals surface area contributed by atoms with E-state index < -0.39 is 34.2 Å². The number of hydrogen-bond acceptors (Lipinski definition) is 5. The van der Waals surface area contributed by atoms with Gasteiger partial charge in [0, 0.05) is 16.7 Å². The van der Waals surface area contributed by atoms with Gasteiger partial charge in [-0.2, -0.15) is 13.2 Å². The topological polar surface area (TPSA) is 105 Å². The van der Waals surface area contributed by atoms with Gasteiger partial charge in [-0.3, -0.25) is 0 Å². The maximum absolute atomic E-state index is 14.1. The predicted molar refractivity (Wildman–Crippen MR) is 101 cm³/mol. The number of aryl methyl sites for hydroxylation is 2. The van der Waals surface area contributed by atoms with E-state index in [1.807, 2.05) is 0 Å². The maximum atomic E-state index is 14.1. The van der Waals surface area contributed by atoms with Crippen molar-refractivity contribution in [3.8, 4) is 28.0 Å². The summed E-state index contributed by atoms with van der Waals surface area (Å²) in [5.41, 5.74) is 4.72. The highest BCUT2D eigenvalue weighted by Crippen LogP contribution is 2.44. The number of benzene rings is 2. The van der Waals surface area contributed by atoms with Crippen molar-refractivity contribution >= 4 is 17.4 Å². The van der Waals surface area contributed by atoms with Crippen LogP contribution in [0.1, 0.15) is 22.6 Å². The van der Waals surface area contributed by atoms with Gasteiger partial charge in [-0.1, -0.05) is 21.9 Å². The minimum Gasteiger partial charge on any atom is -0.504 e. The molecule has 0 bridgehead atoms. The highest BCUT2D eigenvalue weighted by atomic mass is 35.5. The SMILES string of the molecule is Cc1noc(C)c1-c1c(/C(N)=N/O)cc(C(F)(F)F)cc1-c1cc(F)c(O)c(Cl)c1. The highest BCUT2D eigenvalue weighted by Gasteiger charge is 2.34. The molecule has 0 saturated carbocycles. The minimum absolute atomic E-state index is 0.0655. The van der Waals surface area contributed by atoms with E-state index in [0.717, 1.165) is 18.2 Å². The summed E-state index contributed by atoms with van der Waals surface area (Å²) in [4.78, 5) is 0. The number of hydrogen-bond donors (Lipinski definition) is 3. The Labute approximate surface area is 172 Å². The van der Waals surface area contributed by atoms with Crippen molar-refractivity contribution in [2.45, 2.75) is 20.0 Å². The highest BCUT2D eigenvalue weighted by molar-refractivity contribution is 6.32. The van der Waals surface area contributed by atoms with Crippen molar-refractivity contribution < 1.29 is 32.4 Å². The maximum Gasteiger partial charge on any atom is 0.416 e. The lowest BCUT2D eigenvalue weighted by Gasteiger charge is -2.19. The zero-order chi connectivity index (χ0) is 22.4. The quantitative estimate of drug-likeness (QED) is 0.169. The number of oxime groups is 1. The minimum atomic E-state index is -4.80. The molecule has 0 aliphatic carbocycles. The molecule has 3 aromatic rings. The average molecular weight is 444 g/mol. The van der Waals surface area contributed by atoms with Crippen LogP contribution in [0.4, 0.5) is 17.6 Å². The standard InChI is InChI=1S/C19H14ClF4N3O3/c1-7-15(8(2)30-27-7)16-11(9-3-13(20)17(28)14(21)4-9)5-10(19(22,23)24)6-12(16)18(25)26-29/h3-6,28-29H,1-2H3,(H2,25,26). The first-order valence-corrected chi connectivity index (χ1v) is 8.68. The molecule has 2 aromatic carbocycles. The number of amidine groups is 1. The van der Waals surface area contributed by atoms with Gasteiger partial charge in [-0.15, -0.1) is 0 Å². The van der Waals surface area contributed by atoms with Gasteiger partial charge in [0.05, 0.1) is 16.3 Å². The summed E-state index contributed by atoms with van der Waals surface area (Å²) in [5.74, 6) is -2.35. The van der Waals surface area contributed by atoms with Gasteiger partial charge in [-0.25, -0.2) is 4.39 Å². The van der Waals surface area contributed by atoms with Crippen molar-refractivity contribution in [1.29, 1.82) is 0 Å². The second-order valence-corrected chi connectivity index (χ2v) is 6.82. The molecule has 0 unspecified atom stereocenters. The molecule has 1 aromatic heterocycles. The van der Waals surface area contributed by atoms with E-state index in [-0.39, 0.29) is 33.6 Å². The van der Waals surface area contributed by atoms with Crippen LogP contribution in [-0.2, 0) is 6.18 Å². The molecule has 0 aliphatic rings. The summed E-state index contributed by atoms with van der Waals surface area (Å²) in [6.07, 6.45) is -4.80. The van der Waals surface area contributed by atoms with E-state index >= 15 is 0 Å². The van der Waals surface area contributed by atoms with Gasteiger partial charge < -0.3 is 20.6 Å². The van der Waals surface area contributed by atoms with Crippen LogP contribution >= 0.6 is 11.6 Å². The Hall–Kier alpha value is -3.27. The van der Waals surface area contributed by atoms with Crippen LogP contribution in [0.5, 0.6) is 5.75 Å². The first kappa shape index (κ1) is 21.4. The lowest BCUT2D eigenvalue weighted by Crippen LogP contribution is -2.17. The molecule has 6 nitrogen and oxygen atoms in total. The number of nitrogens with two attached hydrogens (primary N) is 1. The zero-order valence-electron chi connectivity index (χ0n) is 15.5. The zero-order valence-corrected chi connectivity index (χ0v) is 16.2. The fourth-order valence-electron chi connectivity index (χ4n) is 3.12. The fourth-order valence-corrected chi connectivity index (χ4v) is 3.33. The molecule has 0 amide bonds. The van der Waals surface area contributed by atoms with Gasteiger partial charge in [0.15, 0.2) is 17.4 Å². The molecule has 1 heterocycles. The van der Waals surface area contributed by atoms with Gasteiger partial charge in [0.1, 0.15) is 5.76 Å². The number of aromatic nitrogens is 1. The van der Waals surface area contributed by atoms with E-state index in [1.54, 1.807) is 6.92 Å². The third-order valence-corrected chi connectivity index (χ3v) is 4.75. The number of phenols is 1. The molecule has 0 atom stereocenters. The predicted octanol–water partition coefficient (Wildman–Crippen LogP) is 5.24. The average Bonchev–Trinajstić information content (AvgIpc) is 3.01. The molecule has 30 heavy (non-hydrogen) atoms. The molecule has 11 heteroatoms. The van der Waals surface area contributed by atoms with Crippen molar-refractivity contribution in [2.75, 3.05) is 0 Å². The van der Waals surface area contributed by atoms with Crippen molar-refractivity contribution in [3.63, 3.8) is 0 Å². The number of halogens is 5. The number of phenolic OH excluding ortho intramolecular Hbond substituents is 1. The van der Waals surface area contributed by atoms with Crippen molar-refractivity contribution in [2.24, 2.45) is 10.9 Å². The van der Waals surface area contributed by atoms with Crippen molar-refractivity contribution in [1.82, 2.24) is 5.16 Å². The summed E-state index contributed by atoms with van der Waals surface area (Å²) in [7, 11) is 0. The normalized spacial score (nSPS) is 12.4. The van der Waals surface area contributed by atoms with E-state index in [0.29, 0.717) is 11.8 Å².